The molecule has 0 N–H and O–H groups in total. The largest absolute Gasteiger partial charge is 0.339 e. The van der Waals surface area contributed by atoms with Gasteiger partial charge < -0.3 is 4.90 Å². The van der Waals surface area contributed by atoms with Crippen molar-refractivity contribution in [1.82, 2.24) is 4.90 Å². The van der Waals surface area contributed by atoms with Crippen LogP contribution in [0.1, 0.15) is 29.8 Å². The number of rotatable bonds is 6. The number of nitrogens with zero attached hydrogens (tertiary/aromatic N) is 1. The van der Waals surface area contributed by atoms with E-state index in [2.05, 4.69) is 0 Å². The van der Waals surface area contributed by atoms with Crippen LogP contribution in [-0.4, -0.2) is 32.5 Å². The third-order valence-corrected chi connectivity index (χ3v) is 6.00. The predicted octanol–water partition coefficient (Wildman–Crippen LogP) is 3.30. The Bertz CT molecular complexity index is 750. The van der Waals surface area contributed by atoms with E-state index >= 15 is 0 Å². The summed E-state index contributed by atoms with van der Waals surface area (Å²) in [6.07, 6.45) is 2.41. The van der Waals surface area contributed by atoms with Crippen LogP contribution < -0.4 is 0 Å². The summed E-state index contributed by atoms with van der Waals surface area (Å²) in [5.74, 6) is 0.0816. The Balaban J connectivity index is 2.00. The molecule has 0 saturated heterocycles. The molecule has 1 atom stereocenters. The van der Waals surface area contributed by atoms with Gasteiger partial charge in [0.05, 0.1) is 10.9 Å². The Kier molecular flexibility index (Phi) is 5.59. The minimum Gasteiger partial charge on any atom is -0.339 e. The van der Waals surface area contributed by atoms with Crippen molar-refractivity contribution in [2.75, 3.05) is 13.3 Å². The van der Waals surface area contributed by atoms with E-state index in [0.717, 1.165) is 12.0 Å². The van der Waals surface area contributed by atoms with E-state index in [1.165, 1.54) is 11.1 Å². The fourth-order valence-corrected chi connectivity index (χ4v) is 3.63. The molecular formula is C17H21NO3S2. The molecule has 1 amide bonds. The Labute approximate surface area is 141 Å². The van der Waals surface area contributed by atoms with Crippen LogP contribution >= 0.6 is 11.3 Å². The molecule has 0 fully saturated rings. The number of thiophene rings is 1. The first-order valence-electron chi connectivity index (χ1n) is 7.37. The average Bonchev–Trinajstić information content (AvgIpc) is 3.04. The van der Waals surface area contributed by atoms with E-state index in [-0.39, 0.29) is 11.9 Å². The number of carbonyl (C=O) groups excluding carboxylic acids is 1. The highest BCUT2D eigenvalue weighted by Crippen LogP contribution is 2.22. The number of sulfone groups is 1. The average molecular weight is 351 g/mol. The first kappa shape index (κ1) is 17.7. The SMILES string of the molecule is CC(c1ccc(S(C)(=O)=O)cc1)N(C)C(=O)CCc1cccs1. The summed E-state index contributed by atoms with van der Waals surface area (Å²) in [4.78, 5) is 15.5. The highest BCUT2D eigenvalue weighted by molar-refractivity contribution is 7.90. The van der Waals surface area contributed by atoms with Gasteiger partial charge in [-0.1, -0.05) is 18.2 Å². The monoisotopic (exact) mass is 351 g/mol. The summed E-state index contributed by atoms with van der Waals surface area (Å²) in [5, 5.41) is 2.01. The van der Waals surface area contributed by atoms with Crippen LogP contribution in [0.15, 0.2) is 46.7 Å². The second-order valence-electron chi connectivity index (χ2n) is 5.60. The van der Waals surface area contributed by atoms with Crippen LogP contribution in [0.25, 0.3) is 0 Å². The van der Waals surface area contributed by atoms with Gasteiger partial charge in [-0.2, -0.15) is 0 Å². The number of hydrogen-bond acceptors (Lipinski definition) is 4. The summed E-state index contributed by atoms with van der Waals surface area (Å²) in [6.45, 7) is 1.94. The first-order valence-corrected chi connectivity index (χ1v) is 10.1. The lowest BCUT2D eigenvalue weighted by Crippen LogP contribution is -2.29. The first-order chi connectivity index (χ1) is 10.8. The molecule has 124 valence electrons. The van der Waals surface area contributed by atoms with E-state index in [1.807, 2.05) is 24.4 Å². The van der Waals surface area contributed by atoms with Crippen LogP contribution in [0, 0.1) is 0 Å². The summed E-state index contributed by atoms with van der Waals surface area (Å²) >= 11 is 1.66. The van der Waals surface area contributed by atoms with Crippen molar-refractivity contribution in [2.45, 2.75) is 30.7 Å². The predicted molar refractivity (Wildman–Crippen MR) is 93.4 cm³/mol. The molecule has 0 radical (unpaired) electrons. The highest BCUT2D eigenvalue weighted by atomic mass is 32.2. The van der Waals surface area contributed by atoms with E-state index in [4.69, 9.17) is 0 Å². The molecule has 1 unspecified atom stereocenters. The lowest BCUT2D eigenvalue weighted by atomic mass is 10.1. The van der Waals surface area contributed by atoms with E-state index < -0.39 is 9.84 Å². The topological polar surface area (TPSA) is 54.5 Å². The molecular weight excluding hydrogens is 330 g/mol. The quantitative estimate of drug-likeness (QED) is 0.802. The molecule has 0 spiro atoms. The molecule has 1 aromatic carbocycles. The van der Waals surface area contributed by atoms with Crippen molar-refractivity contribution in [3.63, 3.8) is 0 Å². The zero-order valence-corrected chi connectivity index (χ0v) is 15.2. The van der Waals surface area contributed by atoms with Crippen molar-refractivity contribution in [1.29, 1.82) is 0 Å². The van der Waals surface area contributed by atoms with Crippen molar-refractivity contribution in [3.05, 3.63) is 52.2 Å². The third-order valence-electron chi connectivity index (χ3n) is 3.93. The number of carbonyl (C=O) groups is 1. The van der Waals surface area contributed by atoms with E-state index in [1.54, 1.807) is 47.5 Å². The molecule has 0 bridgehead atoms. The van der Waals surface area contributed by atoms with Crippen LogP contribution in [0.2, 0.25) is 0 Å². The molecule has 1 aromatic heterocycles. The smallest absolute Gasteiger partial charge is 0.223 e. The highest BCUT2D eigenvalue weighted by Gasteiger charge is 2.18. The maximum Gasteiger partial charge on any atom is 0.223 e. The molecule has 0 aliphatic carbocycles. The summed E-state index contributed by atoms with van der Waals surface area (Å²) in [6, 6.07) is 10.6. The number of hydrogen-bond donors (Lipinski definition) is 0. The standard InChI is InChI=1S/C17H21NO3S2/c1-13(14-6-9-16(10-7-14)23(3,20)21)18(2)17(19)11-8-15-5-4-12-22-15/h4-7,9-10,12-13H,8,11H2,1-3H3. The molecule has 2 aromatic rings. The fourth-order valence-electron chi connectivity index (χ4n) is 2.29. The molecule has 0 aliphatic rings. The minimum absolute atomic E-state index is 0.0816. The molecule has 6 heteroatoms. The van der Waals surface area contributed by atoms with Crippen molar-refractivity contribution >= 4 is 27.1 Å². The zero-order chi connectivity index (χ0) is 17.0. The third kappa shape index (κ3) is 4.65. The molecule has 0 saturated carbocycles. The summed E-state index contributed by atoms with van der Waals surface area (Å²) in [7, 11) is -1.41. The van der Waals surface area contributed by atoms with Gasteiger partial charge in [0.2, 0.25) is 5.91 Å². The molecule has 0 aliphatic heterocycles. The second-order valence-corrected chi connectivity index (χ2v) is 8.65. The molecule has 4 nitrogen and oxygen atoms in total. The Morgan fingerprint density at radius 2 is 1.87 bits per heavy atom. The molecule has 1 heterocycles. The summed E-state index contributed by atoms with van der Waals surface area (Å²) < 4.78 is 23.0. The molecule has 2 rings (SSSR count). The zero-order valence-electron chi connectivity index (χ0n) is 13.5. The Morgan fingerprint density at radius 3 is 2.39 bits per heavy atom. The second kappa shape index (κ2) is 7.27. The fraction of sp³-hybridized carbons (Fsp3) is 0.353. The maximum atomic E-state index is 12.3. The lowest BCUT2D eigenvalue weighted by molar-refractivity contribution is -0.131. The van der Waals surface area contributed by atoms with Gasteiger partial charge in [0, 0.05) is 24.6 Å². The van der Waals surface area contributed by atoms with Crippen molar-refractivity contribution in [2.24, 2.45) is 0 Å². The van der Waals surface area contributed by atoms with Gasteiger partial charge in [-0.05, 0) is 42.5 Å². The number of benzene rings is 1. The van der Waals surface area contributed by atoms with Crippen molar-refractivity contribution in [3.8, 4) is 0 Å². The van der Waals surface area contributed by atoms with Gasteiger partial charge in [-0.15, -0.1) is 11.3 Å². The summed E-state index contributed by atoms with van der Waals surface area (Å²) in [5.41, 5.74) is 0.921. The van der Waals surface area contributed by atoms with Gasteiger partial charge in [0.25, 0.3) is 0 Å². The normalized spacial score (nSPS) is 12.8. The van der Waals surface area contributed by atoms with Crippen LogP contribution in [-0.2, 0) is 21.1 Å². The van der Waals surface area contributed by atoms with Gasteiger partial charge in [-0.25, -0.2) is 8.42 Å². The maximum absolute atomic E-state index is 12.3. The minimum atomic E-state index is -3.19. The van der Waals surface area contributed by atoms with Gasteiger partial charge in [0.1, 0.15) is 0 Å². The Morgan fingerprint density at radius 1 is 1.22 bits per heavy atom. The van der Waals surface area contributed by atoms with Gasteiger partial charge in [0.15, 0.2) is 9.84 Å². The van der Waals surface area contributed by atoms with Crippen LogP contribution in [0.4, 0.5) is 0 Å². The van der Waals surface area contributed by atoms with E-state index in [9.17, 15) is 13.2 Å². The van der Waals surface area contributed by atoms with Gasteiger partial charge >= 0.3 is 0 Å². The lowest BCUT2D eigenvalue weighted by Gasteiger charge is -2.25. The van der Waals surface area contributed by atoms with Gasteiger partial charge in [-0.3, -0.25) is 4.79 Å². The van der Waals surface area contributed by atoms with E-state index in [0.29, 0.717) is 11.3 Å². The Hall–Kier alpha value is -1.66. The van der Waals surface area contributed by atoms with Crippen LogP contribution in [0.3, 0.4) is 0 Å². The van der Waals surface area contributed by atoms with Crippen molar-refractivity contribution < 1.29 is 13.2 Å². The number of amides is 1. The van der Waals surface area contributed by atoms with Crippen LogP contribution in [0.5, 0.6) is 0 Å². The number of aryl methyl sites for hydroxylation is 1. The molecule has 23 heavy (non-hydrogen) atoms.